The van der Waals surface area contributed by atoms with Crippen LogP contribution in [0.1, 0.15) is 31.2 Å². The number of rotatable bonds is 3. The molecule has 1 aromatic carbocycles. The minimum Gasteiger partial charge on any atom is -0.306 e. The predicted octanol–water partition coefficient (Wildman–Crippen LogP) is 3.32. The van der Waals surface area contributed by atoms with Crippen molar-refractivity contribution in [3.8, 4) is 0 Å². The monoisotopic (exact) mass is 250 g/mol. The molecule has 2 nitrogen and oxygen atoms in total. The first kappa shape index (κ1) is 12.5. The van der Waals surface area contributed by atoms with E-state index in [1.54, 1.807) is 0 Å². The van der Waals surface area contributed by atoms with Crippen LogP contribution in [0.25, 0.3) is 0 Å². The lowest BCUT2D eigenvalue weighted by Crippen LogP contribution is -2.18. The van der Waals surface area contributed by atoms with Crippen molar-refractivity contribution in [1.29, 1.82) is 0 Å². The van der Waals surface area contributed by atoms with Crippen LogP contribution < -0.4 is 0 Å². The third kappa shape index (κ3) is 3.51. The molecule has 0 saturated carbocycles. The Kier molecular flexibility index (Phi) is 4.51. The van der Waals surface area contributed by atoms with E-state index in [0.717, 1.165) is 37.7 Å². The molecule has 2 atom stereocenters. The minimum absolute atomic E-state index is 0.169. The van der Waals surface area contributed by atoms with Crippen LogP contribution in [-0.4, -0.2) is 14.0 Å². The Morgan fingerprint density at radius 2 is 2.00 bits per heavy atom. The van der Waals surface area contributed by atoms with Crippen molar-refractivity contribution in [1.82, 2.24) is 0 Å². The topological polar surface area (TPSA) is 37.3 Å². The van der Waals surface area contributed by atoms with Crippen molar-refractivity contribution in [2.75, 3.05) is 0 Å². The zero-order valence-corrected chi connectivity index (χ0v) is 10.7. The molecule has 3 heteroatoms. The van der Waals surface area contributed by atoms with Gasteiger partial charge in [0.05, 0.1) is 5.25 Å². The van der Waals surface area contributed by atoms with Gasteiger partial charge in [-0.1, -0.05) is 48.4 Å². The van der Waals surface area contributed by atoms with Gasteiger partial charge >= 0.3 is 0 Å². The summed E-state index contributed by atoms with van der Waals surface area (Å²) < 4.78 is 20.8. The van der Waals surface area contributed by atoms with E-state index in [2.05, 4.69) is 18.2 Å². The smallest absolute Gasteiger partial charge is 0.160 e. The highest BCUT2D eigenvalue weighted by molar-refractivity contribution is 7.80. The van der Waals surface area contributed by atoms with Crippen LogP contribution >= 0.6 is 0 Å². The van der Waals surface area contributed by atoms with E-state index in [4.69, 9.17) is 0 Å². The highest BCUT2D eigenvalue weighted by Gasteiger charge is 2.21. The summed E-state index contributed by atoms with van der Waals surface area (Å²) in [4.78, 5) is 0. The van der Waals surface area contributed by atoms with Crippen LogP contribution in [0.2, 0.25) is 0 Å². The standard InChI is InChI=1S/C14H18O2S/c15-17(16)14-10-6-2-5-9-13(14)11-12-7-3-1-4-8-12/h1,3-4,7-9,14H,2,5-6,10-11H2,(H,15,16). The third-order valence-electron chi connectivity index (χ3n) is 3.23. The molecule has 17 heavy (non-hydrogen) atoms. The van der Waals surface area contributed by atoms with E-state index >= 15 is 0 Å². The van der Waals surface area contributed by atoms with Gasteiger partial charge in [0.1, 0.15) is 0 Å². The second kappa shape index (κ2) is 6.12. The van der Waals surface area contributed by atoms with Crippen molar-refractivity contribution >= 4 is 11.1 Å². The number of benzene rings is 1. The summed E-state index contributed by atoms with van der Waals surface area (Å²) >= 11 is -1.74. The fraction of sp³-hybridized carbons (Fsp3) is 0.429. The van der Waals surface area contributed by atoms with Gasteiger partial charge in [0.25, 0.3) is 0 Å². The van der Waals surface area contributed by atoms with Gasteiger partial charge in [-0.05, 0) is 31.2 Å². The second-order valence-corrected chi connectivity index (χ2v) is 5.61. The molecule has 0 aliphatic heterocycles. The summed E-state index contributed by atoms with van der Waals surface area (Å²) in [5.74, 6) is 0. The molecule has 0 spiro atoms. The largest absolute Gasteiger partial charge is 0.306 e. The molecular formula is C14H18O2S. The van der Waals surface area contributed by atoms with Gasteiger partial charge in [-0.25, -0.2) is 4.21 Å². The van der Waals surface area contributed by atoms with Gasteiger partial charge < -0.3 is 4.55 Å². The SMILES string of the molecule is O=S(O)C1CCCCC=C1Cc1ccccc1. The minimum atomic E-state index is -1.74. The molecule has 0 aromatic heterocycles. The average molecular weight is 250 g/mol. The van der Waals surface area contributed by atoms with Gasteiger partial charge in [0.2, 0.25) is 0 Å². The van der Waals surface area contributed by atoms with Crippen LogP contribution in [0.3, 0.4) is 0 Å². The number of allylic oxidation sites excluding steroid dienone is 1. The first-order valence-electron chi connectivity index (χ1n) is 6.10. The van der Waals surface area contributed by atoms with Gasteiger partial charge in [-0.3, -0.25) is 0 Å². The Morgan fingerprint density at radius 1 is 1.24 bits per heavy atom. The van der Waals surface area contributed by atoms with E-state index in [1.807, 2.05) is 18.2 Å². The highest BCUT2D eigenvalue weighted by atomic mass is 32.2. The zero-order chi connectivity index (χ0) is 12.1. The first-order valence-corrected chi connectivity index (χ1v) is 7.27. The molecule has 0 saturated heterocycles. The molecule has 92 valence electrons. The molecule has 0 radical (unpaired) electrons. The fourth-order valence-corrected chi connectivity index (χ4v) is 3.13. The average Bonchev–Trinajstić information content (AvgIpc) is 2.56. The van der Waals surface area contributed by atoms with E-state index in [1.165, 1.54) is 5.56 Å². The van der Waals surface area contributed by atoms with E-state index < -0.39 is 11.1 Å². The number of hydrogen-bond acceptors (Lipinski definition) is 1. The molecule has 0 bridgehead atoms. The van der Waals surface area contributed by atoms with Crippen molar-refractivity contribution in [2.24, 2.45) is 0 Å². The molecule has 1 N–H and O–H groups in total. The molecular weight excluding hydrogens is 232 g/mol. The van der Waals surface area contributed by atoms with Gasteiger partial charge in [0, 0.05) is 0 Å². The van der Waals surface area contributed by atoms with Crippen LogP contribution in [-0.2, 0) is 17.5 Å². The maximum Gasteiger partial charge on any atom is 0.160 e. The van der Waals surface area contributed by atoms with E-state index in [-0.39, 0.29) is 5.25 Å². The summed E-state index contributed by atoms with van der Waals surface area (Å²) in [6.07, 6.45) is 7.02. The Morgan fingerprint density at radius 3 is 2.71 bits per heavy atom. The van der Waals surface area contributed by atoms with Gasteiger partial charge in [-0.2, -0.15) is 0 Å². The molecule has 2 rings (SSSR count). The summed E-state index contributed by atoms with van der Waals surface area (Å²) in [5, 5.41) is -0.169. The molecule has 2 unspecified atom stereocenters. The molecule has 0 amide bonds. The molecule has 1 aliphatic rings. The predicted molar refractivity (Wildman–Crippen MR) is 71.3 cm³/mol. The van der Waals surface area contributed by atoms with Crippen LogP contribution in [0, 0.1) is 0 Å². The summed E-state index contributed by atoms with van der Waals surface area (Å²) in [6.45, 7) is 0. The Bertz CT molecular complexity index is 411. The fourth-order valence-electron chi connectivity index (χ4n) is 2.33. The Labute approximate surface area is 105 Å². The van der Waals surface area contributed by atoms with Crippen molar-refractivity contribution in [3.63, 3.8) is 0 Å². The Balaban J connectivity index is 2.16. The van der Waals surface area contributed by atoms with Crippen molar-refractivity contribution in [3.05, 3.63) is 47.5 Å². The van der Waals surface area contributed by atoms with Crippen LogP contribution in [0.4, 0.5) is 0 Å². The molecule has 0 fully saturated rings. The summed E-state index contributed by atoms with van der Waals surface area (Å²) in [6, 6.07) is 10.2. The van der Waals surface area contributed by atoms with E-state index in [9.17, 15) is 8.76 Å². The molecule has 0 heterocycles. The first-order chi connectivity index (χ1) is 8.27. The van der Waals surface area contributed by atoms with E-state index in [0.29, 0.717) is 0 Å². The van der Waals surface area contributed by atoms with Crippen LogP contribution in [0.5, 0.6) is 0 Å². The lowest BCUT2D eigenvalue weighted by molar-refractivity contribution is 0.545. The lowest BCUT2D eigenvalue weighted by Gasteiger charge is -2.15. The summed E-state index contributed by atoms with van der Waals surface area (Å²) in [5.41, 5.74) is 2.35. The van der Waals surface area contributed by atoms with Crippen LogP contribution in [0.15, 0.2) is 42.0 Å². The zero-order valence-electron chi connectivity index (χ0n) is 9.84. The highest BCUT2D eigenvalue weighted by Crippen LogP contribution is 2.24. The normalized spacial score (nSPS) is 22.6. The van der Waals surface area contributed by atoms with Gasteiger partial charge in [-0.15, -0.1) is 0 Å². The second-order valence-electron chi connectivity index (χ2n) is 4.49. The molecule has 1 aromatic rings. The Hall–Kier alpha value is -0.930. The maximum absolute atomic E-state index is 11.4. The van der Waals surface area contributed by atoms with Gasteiger partial charge in [0.15, 0.2) is 11.1 Å². The molecule has 1 aliphatic carbocycles. The summed E-state index contributed by atoms with van der Waals surface area (Å²) in [7, 11) is 0. The van der Waals surface area contributed by atoms with Crippen molar-refractivity contribution in [2.45, 2.75) is 37.4 Å². The maximum atomic E-state index is 11.4. The third-order valence-corrected chi connectivity index (χ3v) is 4.26. The lowest BCUT2D eigenvalue weighted by atomic mass is 10.0. The van der Waals surface area contributed by atoms with Crippen molar-refractivity contribution < 1.29 is 8.76 Å². The quantitative estimate of drug-likeness (QED) is 0.660. The number of hydrogen-bond donors (Lipinski definition) is 1.